The summed E-state index contributed by atoms with van der Waals surface area (Å²) in [5, 5.41) is 11.6. The molecular weight excluding hydrogens is 322 g/mol. The third kappa shape index (κ3) is 4.30. The van der Waals surface area contributed by atoms with Gasteiger partial charge >= 0.3 is 0 Å². The lowest BCUT2D eigenvalue weighted by Gasteiger charge is -2.24. The van der Waals surface area contributed by atoms with Crippen molar-refractivity contribution in [2.45, 2.75) is 25.3 Å². The van der Waals surface area contributed by atoms with E-state index in [1.807, 2.05) is 55.6 Å². The number of carbonyl (C=O) groups excluding carboxylic acids is 1. The molecule has 0 aliphatic rings. The Morgan fingerprint density at radius 2 is 1.65 bits per heavy atom. The first-order valence-corrected chi connectivity index (χ1v) is 9.07. The van der Waals surface area contributed by atoms with E-state index in [1.165, 1.54) is 5.39 Å². The molecule has 0 aromatic heterocycles. The summed E-state index contributed by atoms with van der Waals surface area (Å²) < 4.78 is 0. The van der Waals surface area contributed by atoms with Crippen LogP contribution in [0.2, 0.25) is 0 Å². The van der Waals surface area contributed by atoms with Crippen molar-refractivity contribution < 1.29 is 9.90 Å². The lowest BCUT2D eigenvalue weighted by molar-refractivity contribution is -0.132. The summed E-state index contributed by atoms with van der Waals surface area (Å²) in [6, 6.07) is 24.4. The number of hydrogen-bond donors (Lipinski definition) is 1. The van der Waals surface area contributed by atoms with Crippen molar-refractivity contribution in [1.29, 1.82) is 0 Å². The molecule has 0 fully saturated rings. The normalized spacial score (nSPS) is 12.1. The van der Waals surface area contributed by atoms with Gasteiger partial charge in [-0.25, -0.2) is 0 Å². The van der Waals surface area contributed by atoms with Gasteiger partial charge in [-0.15, -0.1) is 0 Å². The summed E-state index contributed by atoms with van der Waals surface area (Å²) in [5.74, 6) is -0.141. The Balaban J connectivity index is 1.84. The van der Waals surface area contributed by atoms with Crippen LogP contribution in [0.1, 0.15) is 29.9 Å². The highest BCUT2D eigenvalue weighted by molar-refractivity contribution is 5.87. The van der Waals surface area contributed by atoms with Gasteiger partial charge in [0.05, 0.1) is 5.92 Å². The average molecular weight is 347 g/mol. The minimum Gasteiger partial charge on any atom is -0.396 e. The predicted molar refractivity (Wildman–Crippen MR) is 106 cm³/mol. The number of aliphatic hydroxyl groups is 1. The van der Waals surface area contributed by atoms with Gasteiger partial charge in [0, 0.05) is 20.2 Å². The molecule has 0 spiro atoms. The Morgan fingerprint density at radius 1 is 0.962 bits per heavy atom. The van der Waals surface area contributed by atoms with Gasteiger partial charge in [0.25, 0.3) is 0 Å². The van der Waals surface area contributed by atoms with E-state index in [2.05, 4.69) is 24.3 Å². The van der Waals surface area contributed by atoms with Crippen LogP contribution in [0, 0.1) is 0 Å². The molecule has 0 aliphatic heterocycles. The number of fused-ring (bicyclic) bond motifs is 1. The molecule has 3 aromatic carbocycles. The predicted octanol–water partition coefficient (Wildman–Crippen LogP) is 4.35. The second-order valence-electron chi connectivity index (χ2n) is 6.70. The molecule has 3 nitrogen and oxygen atoms in total. The van der Waals surface area contributed by atoms with Gasteiger partial charge < -0.3 is 10.0 Å². The topological polar surface area (TPSA) is 40.5 Å². The molecule has 1 unspecified atom stereocenters. The highest BCUT2D eigenvalue weighted by atomic mass is 16.3. The van der Waals surface area contributed by atoms with E-state index in [1.54, 1.807) is 4.90 Å². The molecule has 3 aromatic rings. The largest absolute Gasteiger partial charge is 0.396 e. The van der Waals surface area contributed by atoms with E-state index in [0.29, 0.717) is 19.4 Å². The maximum Gasteiger partial charge on any atom is 0.230 e. The van der Waals surface area contributed by atoms with Crippen LogP contribution in [-0.2, 0) is 11.3 Å². The second-order valence-corrected chi connectivity index (χ2v) is 6.70. The zero-order chi connectivity index (χ0) is 18.4. The number of rotatable bonds is 7. The number of hydrogen-bond acceptors (Lipinski definition) is 2. The van der Waals surface area contributed by atoms with Gasteiger partial charge in [-0.05, 0) is 34.7 Å². The molecule has 1 atom stereocenters. The molecule has 134 valence electrons. The van der Waals surface area contributed by atoms with Crippen LogP contribution in [0.5, 0.6) is 0 Å². The summed E-state index contributed by atoms with van der Waals surface area (Å²) in [4.78, 5) is 14.9. The first kappa shape index (κ1) is 18.2. The summed E-state index contributed by atoms with van der Waals surface area (Å²) in [5.41, 5.74) is 2.13. The molecule has 0 radical (unpaired) electrons. The Labute approximate surface area is 154 Å². The summed E-state index contributed by atoms with van der Waals surface area (Å²) in [6.45, 7) is 0.683. The van der Waals surface area contributed by atoms with Crippen LogP contribution in [0.4, 0.5) is 0 Å². The number of nitrogens with zero attached hydrogens (tertiary/aromatic N) is 1. The van der Waals surface area contributed by atoms with Crippen molar-refractivity contribution >= 4 is 16.7 Å². The maximum atomic E-state index is 13.1. The van der Waals surface area contributed by atoms with Crippen molar-refractivity contribution in [3.8, 4) is 0 Å². The first-order chi connectivity index (χ1) is 12.7. The van der Waals surface area contributed by atoms with Crippen molar-refractivity contribution in [2.75, 3.05) is 13.7 Å². The highest BCUT2D eigenvalue weighted by Crippen LogP contribution is 2.27. The first-order valence-electron chi connectivity index (χ1n) is 9.07. The molecule has 3 heteroatoms. The molecule has 0 aliphatic carbocycles. The number of carbonyl (C=O) groups is 1. The van der Waals surface area contributed by atoms with Gasteiger partial charge in [0.2, 0.25) is 5.91 Å². The van der Waals surface area contributed by atoms with Crippen molar-refractivity contribution in [3.05, 3.63) is 83.9 Å². The van der Waals surface area contributed by atoms with E-state index in [0.717, 1.165) is 16.5 Å². The zero-order valence-corrected chi connectivity index (χ0v) is 15.1. The summed E-state index contributed by atoms with van der Waals surface area (Å²) in [6.07, 6.45) is 1.26. The molecule has 1 amide bonds. The highest BCUT2D eigenvalue weighted by Gasteiger charge is 2.24. The van der Waals surface area contributed by atoms with E-state index >= 15 is 0 Å². The lowest BCUT2D eigenvalue weighted by Crippen LogP contribution is -2.31. The summed E-state index contributed by atoms with van der Waals surface area (Å²) in [7, 11) is 1.85. The fourth-order valence-electron chi connectivity index (χ4n) is 3.35. The van der Waals surface area contributed by atoms with Gasteiger partial charge in [-0.3, -0.25) is 4.79 Å². The smallest absolute Gasteiger partial charge is 0.230 e. The molecule has 26 heavy (non-hydrogen) atoms. The SMILES string of the molecule is CN(Cc1ccccc1)C(=O)C(CCCO)c1ccc2ccccc2c1. The maximum absolute atomic E-state index is 13.1. The minimum absolute atomic E-state index is 0.0950. The molecule has 0 heterocycles. The molecular formula is C23H25NO2. The Kier molecular flexibility index (Phi) is 6.03. The molecule has 3 rings (SSSR count). The van der Waals surface area contributed by atoms with Crippen LogP contribution in [-0.4, -0.2) is 29.6 Å². The van der Waals surface area contributed by atoms with Gasteiger partial charge in [-0.2, -0.15) is 0 Å². The lowest BCUT2D eigenvalue weighted by atomic mass is 9.91. The standard InChI is InChI=1S/C23H25NO2/c1-24(17-18-8-3-2-4-9-18)23(26)22(12-7-15-25)21-14-13-19-10-5-6-11-20(19)16-21/h2-6,8-11,13-14,16,22,25H,7,12,15,17H2,1H3. The Hall–Kier alpha value is -2.65. The van der Waals surface area contributed by atoms with Gasteiger partial charge in [0.1, 0.15) is 0 Å². The Morgan fingerprint density at radius 3 is 2.38 bits per heavy atom. The van der Waals surface area contributed by atoms with Crippen molar-refractivity contribution in [2.24, 2.45) is 0 Å². The zero-order valence-electron chi connectivity index (χ0n) is 15.1. The van der Waals surface area contributed by atoms with E-state index < -0.39 is 0 Å². The van der Waals surface area contributed by atoms with Crippen molar-refractivity contribution in [3.63, 3.8) is 0 Å². The summed E-state index contributed by atoms with van der Waals surface area (Å²) >= 11 is 0. The third-order valence-corrected chi connectivity index (χ3v) is 4.76. The molecule has 1 N–H and O–H groups in total. The van der Waals surface area contributed by atoms with Crippen LogP contribution < -0.4 is 0 Å². The fourth-order valence-corrected chi connectivity index (χ4v) is 3.35. The molecule has 0 saturated heterocycles. The van der Waals surface area contributed by atoms with Crippen molar-refractivity contribution in [1.82, 2.24) is 4.90 Å². The quantitative estimate of drug-likeness (QED) is 0.690. The van der Waals surface area contributed by atoms with Crippen LogP contribution in [0.15, 0.2) is 72.8 Å². The minimum atomic E-state index is -0.236. The Bertz CT molecular complexity index is 860. The number of aliphatic hydroxyl groups excluding tert-OH is 1. The van der Waals surface area contributed by atoms with Gasteiger partial charge in [-0.1, -0.05) is 72.8 Å². The van der Waals surface area contributed by atoms with Crippen LogP contribution in [0.25, 0.3) is 10.8 Å². The van der Waals surface area contributed by atoms with E-state index in [9.17, 15) is 9.90 Å². The molecule has 0 saturated carbocycles. The second kappa shape index (κ2) is 8.63. The number of benzene rings is 3. The van der Waals surface area contributed by atoms with E-state index in [4.69, 9.17) is 0 Å². The monoisotopic (exact) mass is 347 g/mol. The van der Waals surface area contributed by atoms with Crippen LogP contribution >= 0.6 is 0 Å². The van der Waals surface area contributed by atoms with Crippen LogP contribution in [0.3, 0.4) is 0 Å². The fraction of sp³-hybridized carbons (Fsp3) is 0.261. The average Bonchev–Trinajstić information content (AvgIpc) is 2.68. The number of amides is 1. The third-order valence-electron chi connectivity index (χ3n) is 4.76. The van der Waals surface area contributed by atoms with Gasteiger partial charge in [0.15, 0.2) is 0 Å². The molecule has 0 bridgehead atoms. The number of likely N-dealkylation sites (N-methyl/N-ethyl adjacent to an activating group) is 1. The van der Waals surface area contributed by atoms with E-state index in [-0.39, 0.29) is 18.4 Å².